The normalized spacial score (nSPS) is 25.0. The third kappa shape index (κ3) is 2.61. The van der Waals surface area contributed by atoms with Gasteiger partial charge in [0.2, 0.25) is 0 Å². The number of aliphatic hydroxyl groups excluding tert-OH is 2. The third-order valence-electron chi connectivity index (χ3n) is 3.70. The van der Waals surface area contributed by atoms with Crippen molar-refractivity contribution in [3.63, 3.8) is 0 Å². The van der Waals surface area contributed by atoms with E-state index < -0.39 is 18.3 Å². The maximum Gasteiger partial charge on any atom is 0.193 e. The summed E-state index contributed by atoms with van der Waals surface area (Å²) in [5.74, 6) is -0.122. The molecule has 0 aromatic heterocycles. The molecule has 0 saturated carbocycles. The lowest BCUT2D eigenvalue weighted by atomic mass is 9.93. The van der Waals surface area contributed by atoms with E-state index in [1.165, 1.54) is 0 Å². The minimum atomic E-state index is -1.02. The van der Waals surface area contributed by atoms with E-state index in [4.69, 9.17) is 4.74 Å². The molecular weight excluding hydrogens is 268 g/mol. The number of benzene rings is 2. The molecule has 0 aliphatic carbocycles. The Kier molecular flexibility index (Phi) is 3.84. The van der Waals surface area contributed by atoms with Gasteiger partial charge in [0.25, 0.3) is 0 Å². The first-order valence-electron chi connectivity index (χ1n) is 6.85. The highest BCUT2D eigenvalue weighted by Gasteiger charge is 2.37. The first-order chi connectivity index (χ1) is 10.2. The molecule has 3 rings (SSSR count). The number of carbonyl (C=O) groups excluding carboxylic acids is 1. The van der Waals surface area contributed by atoms with E-state index >= 15 is 0 Å². The molecule has 0 amide bonds. The number of ketones is 1. The van der Waals surface area contributed by atoms with Crippen molar-refractivity contribution in [1.82, 2.24) is 0 Å². The Labute approximate surface area is 122 Å². The standard InChI is InChI=1S/C17H16O4/c18-14-10-21-17(16(14)20)13-9-5-4-8-12(13)15(19)11-6-2-1-3-7-11/h1-9,14,16-18,20H,10H2/t14-,16-,17+/m0/s1. The molecule has 21 heavy (non-hydrogen) atoms. The first kappa shape index (κ1) is 13.9. The zero-order valence-corrected chi connectivity index (χ0v) is 11.3. The Hall–Kier alpha value is -2.01. The largest absolute Gasteiger partial charge is 0.388 e. The van der Waals surface area contributed by atoms with Crippen LogP contribution in [0.4, 0.5) is 0 Å². The summed E-state index contributed by atoms with van der Waals surface area (Å²) in [6, 6.07) is 16.0. The van der Waals surface area contributed by atoms with E-state index in [1.807, 2.05) is 6.07 Å². The summed E-state index contributed by atoms with van der Waals surface area (Å²) in [6.45, 7) is 0.0691. The van der Waals surface area contributed by atoms with Crippen LogP contribution in [0.5, 0.6) is 0 Å². The second-order valence-electron chi connectivity index (χ2n) is 5.09. The molecule has 2 aromatic carbocycles. The van der Waals surface area contributed by atoms with Crippen LogP contribution in [-0.4, -0.2) is 34.8 Å². The minimum absolute atomic E-state index is 0.0691. The molecule has 1 aliphatic heterocycles. The molecular formula is C17H16O4. The Bertz CT molecular complexity index is 638. The summed E-state index contributed by atoms with van der Waals surface area (Å²) in [4.78, 5) is 12.6. The molecule has 1 saturated heterocycles. The fourth-order valence-electron chi connectivity index (χ4n) is 2.57. The monoisotopic (exact) mass is 284 g/mol. The van der Waals surface area contributed by atoms with Crippen molar-refractivity contribution in [2.24, 2.45) is 0 Å². The number of hydrogen-bond donors (Lipinski definition) is 2. The van der Waals surface area contributed by atoms with Gasteiger partial charge in [-0.1, -0.05) is 54.6 Å². The van der Waals surface area contributed by atoms with Crippen LogP contribution in [-0.2, 0) is 4.74 Å². The molecule has 0 spiro atoms. The van der Waals surface area contributed by atoms with Crippen LogP contribution in [0.15, 0.2) is 54.6 Å². The van der Waals surface area contributed by atoms with Gasteiger partial charge in [0.05, 0.1) is 6.61 Å². The zero-order valence-electron chi connectivity index (χ0n) is 11.3. The quantitative estimate of drug-likeness (QED) is 0.842. The van der Waals surface area contributed by atoms with E-state index in [0.29, 0.717) is 16.7 Å². The molecule has 4 heteroatoms. The van der Waals surface area contributed by atoms with E-state index in [9.17, 15) is 15.0 Å². The molecule has 0 radical (unpaired) electrons. The van der Waals surface area contributed by atoms with Crippen molar-refractivity contribution >= 4 is 5.78 Å². The summed E-state index contributed by atoms with van der Waals surface area (Å²) in [5.41, 5.74) is 1.68. The molecule has 1 heterocycles. The third-order valence-corrected chi connectivity index (χ3v) is 3.70. The van der Waals surface area contributed by atoms with Crippen molar-refractivity contribution in [2.75, 3.05) is 6.61 Å². The van der Waals surface area contributed by atoms with Gasteiger partial charge in [-0.25, -0.2) is 0 Å². The first-order valence-corrected chi connectivity index (χ1v) is 6.85. The molecule has 2 N–H and O–H groups in total. The van der Waals surface area contributed by atoms with Crippen LogP contribution < -0.4 is 0 Å². The Morgan fingerprint density at radius 1 is 1.00 bits per heavy atom. The maximum absolute atomic E-state index is 12.6. The number of ether oxygens (including phenoxy) is 1. The van der Waals surface area contributed by atoms with Gasteiger partial charge in [0.15, 0.2) is 5.78 Å². The van der Waals surface area contributed by atoms with Crippen molar-refractivity contribution < 1.29 is 19.7 Å². The summed E-state index contributed by atoms with van der Waals surface area (Å²) in [5, 5.41) is 19.6. The smallest absolute Gasteiger partial charge is 0.193 e. The van der Waals surface area contributed by atoms with Crippen LogP contribution in [0.1, 0.15) is 27.6 Å². The van der Waals surface area contributed by atoms with Gasteiger partial charge < -0.3 is 14.9 Å². The fraction of sp³-hybridized carbons (Fsp3) is 0.235. The lowest BCUT2D eigenvalue weighted by molar-refractivity contribution is 0.0221. The second kappa shape index (κ2) is 5.77. The van der Waals surface area contributed by atoms with E-state index in [2.05, 4.69) is 0 Å². The fourth-order valence-corrected chi connectivity index (χ4v) is 2.57. The van der Waals surface area contributed by atoms with Gasteiger partial charge in [0, 0.05) is 11.1 Å². The maximum atomic E-state index is 12.6. The summed E-state index contributed by atoms with van der Waals surface area (Å²) < 4.78 is 5.44. The van der Waals surface area contributed by atoms with Gasteiger partial charge in [-0.05, 0) is 5.56 Å². The van der Waals surface area contributed by atoms with Crippen LogP contribution in [0.3, 0.4) is 0 Å². The van der Waals surface area contributed by atoms with E-state index in [-0.39, 0.29) is 12.4 Å². The van der Waals surface area contributed by atoms with Gasteiger partial charge in [-0.15, -0.1) is 0 Å². The lowest BCUT2D eigenvalue weighted by Crippen LogP contribution is -2.26. The molecule has 4 nitrogen and oxygen atoms in total. The van der Waals surface area contributed by atoms with Crippen molar-refractivity contribution in [3.8, 4) is 0 Å². The van der Waals surface area contributed by atoms with E-state index in [0.717, 1.165) is 0 Å². The molecule has 2 aromatic rings. The molecule has 108 valence electrons. The van der Waals surface area contributed by atoms with Crippen molar-refractivity contribution in [1.29, 1.82) is 0 Å². The van der Waals surface area contributed by atoms with E-state index in [1.54, 1.807) is 48.5 Å². The SMILES string of the molecule is O=C(c1ccccc1)c1ccccc1[C@H]1OC[C@H](O)[C@@H]1O. The van der Waals surface area contributed by atoms with Gasteiger partial charge in [0.1, 0.15) is 18.3 Å². The number of hydrogen-bond acceptors (Lipinski definition) is 4. The number of aliphatic hydroxyl groups is 2. The van der Waals surface area contributed by atoms with Gasteiger partial charge >= 0.3 is 0 Å². The highest BCUT2D eigenvalue weighted by molar-refractivity contribution is 6.10. The molecule has 3 atom stereocenters. The highest BCUT2D eigenvalue weighted by Crippen LogP contribution is 2.32. The Morgan fingerprint density at radius 3 is 2.33 bits per heavy atom. The van der Waals surface area contributed by atoms with Crippen LogP contribution >= 0.6 is 0 Å². The summed E-state index contributed by atoms with van der Waals surface area (Å²) >= 11 is 0. The van der Waals surface area contributed by atoms with Crippen LogP contribution in [0.2, 0.25) is 0 Å². The molecule has 1 aliphatic rings. The summed E-state index contributed by atoms with van der Waals surface area (Å²) in [7, 11) is 0. The Morgan fingerprint density at radius 2 is 1.67 bits per heavy atom. The minimum Gasteiger partial charge on any atom is -0.388 e. The lowest BCUT2D eigenvalue weighted by Gasteiger charge is -2.18. The average Bonchev–Trinajstić information content (AvgIpc) is 2.87. The number of rotatable bonds is 3. The van der Waals surface area contributed by atoms with Crippen LogP contribution in [0, 0.1) is 0 Å². The summed E-state index contributed by atoms with van der Waals surface area (Å²) in [6.07, 6.45) is -2.62. The van der Waals surface area contributed by atoms with Crippen LogP contribution in [0.25, 0.3) is 0 Å². The average molecular weight is 284 g/mol. The topological polar surface area (TPSA) is 66.8 Å². The van der Waals surface area contributed by atoms with Gasteiger partial charge in [-0.3, -0.25) is 4.79 Å². The van der Waals surface area contributed by atoms with Gasteiger partial charge in [-0.2, -0.15) is 0 Å². The zero-order chi connectivity index (χ0) is 14.8. The second-order valence-corrected chi connectivity index (χ2v) is 5.09. The predicted octanol–water partition coefficient (Wildman–Crippen LogP) is 1.71. The predicted molar refractivity (Wildman–Crippen MR) is 77.0 cm³/mol. The highest BCUT2D eigenvalue weighted by atomic mass is 16.5. The van der Waals surface area contributed by atoms with Crippen molar-refractivity contribution in [2.45, 2.75) is 18.3 Å². The number of carbonyl (C=O) groups is 1. The molecule has 0 bridgehead atoms. The Balaban J connectivity index is 1.99. The van der Waals surface area contributed by atoms with Crippen molar-refractivity contribution in [3.05, 3.63) is 71.3 Å². The molecule has 0 unspecified atom stereocenters. The molecule has 1 fully saturated rings.